The number of fused-ring (bicyclic) bond motifs is 3. The molecule has 8 nitrogen and oxygen atoms in total. The second-order valence-corrected chi connectivity index (χ2v) is 56.4. The van der Waals surface area contributed by atoms with E-state index in [0.29, 0.717) is 11.6 Å². The van der Waals surface area contributed by atoms with Crippen molar-refractivity contribution in [3.63, 3.8) is 0 Å². The van der Waals surface area contributed by atoms with E-state index in [1.54, 1.807) is 18.5 Å². The Labute approximate surface area is 858 Å². The summed E-state index contributed by atoms with van der Waals surface area (Å²) in [7, 11) is -5.54. The Kier molecular flexibility index (Phi) is 43.1. The van der Waals surface area contributed by atoms with Crippen molar-refractivity contribution in [2.24, 2.45) is 5.92 Å². The summed E-state index contributed by atoms with van der Waals surface area (Å²) in [5, 5.41) is 11.1. The molecule has 8 aromatic heterocycles. The molecule has 0 bridgehead atoms. The fourth-order valence-electron chi connectivity index (χ4n) is 14.8. The first-order valence-electron chi connectivity index (χ1n) is 44.4. The van der Waals surface area contributed by atoms with Crippen LogP contribution in [0.5, 0.6) is 0 Å². The summed E-state index contributed by atoms with van der Waals surface area (Å²) in [4.78, 5) is 35.9. The molecule has 0 spiro atoms. The Balaban J connectivity index is 0.000000189. The van der Waals surface area contributed by atoms with Crippen molar-refractivity contribution in [3.05, 3.63) is 448 Å². The van der Waals surface area contributed by atoms with Gasteiger partial charge in [0.1, 0.15) is 5.82 Å². The fourth-order valence-corrected chi connectivity index (χ4v) is 21.1. The molecule has 0 N–H and O–H groups in total. The van der Waals surface area contributed by atoms with Crippen LogP contribution in [-0.2, 0) is 86.8 Å². The molecule has 19 rings (SSSR count). The second kappa shape index (κ2) is 53.3. The van der Waals surface area contributed by atoms with Crippen LogP contribution in [0.25, 0.3) is 123 Å². The van der Waals surface area contributed by atoms with Crippen LogP contribution in [0.4, 0.5) is 4.39 Å². The molecule has 0 atom stereocenters. The van der Waals surface area contributed by atoms with Crippen LogP contribution in [0.15, 0.2) is 377 Å². The standard InChI is InChI=1S/C18H24NSi.2C15H18NSi.3C15H10N.C14H15FNSi.C11H8N.4Ir/c1-14(2)11-16-12-17(15-9-7-6-8-10-15)19-13-18(16)20(3,4)5;2*1-12-10-14(13-8-6-5-7-9-13)16-11-15(12)17(2,3)4;2*1-2-7-13(8-3-1)15-14-9-5-4-6-12(14)10-11-16-15;1-2-6-12(7-3-1)15-11-10-13-8-4-5-9-14(13)16-15;1-17(2,3)14-10-16-13(9-12(14)15)11-7-5-4-6-8-11;1-2-6-10(7-3-1)11-8-4-5-9-12-11;;;;/h6-9,12-14H,11H2,1-5H3;2*5-8,10-11H,1-4H3;2*1-7,9-11H;1-6,8-11H;4-7,9-10H,1-3H3;1-6,8-9H;;;;/q8*-1;;;;. The molecule has 11 aromatic carbocycles. The number of para-hydroxylation sites is 1. The Hall–Kier alpha value is -11.2. The van der Waals surface area contributed by atoms with Crippen LogP contribution in [0.2, 0.25) is 78.6 Å². The maximum absolute atomic E-state index is 14.0. The van der Waals surface area contributed by atoms with Crippen molar-refractivity contribution in [3.8, 4) is 90.1 Å². The molecule has 0 aliphatic carbocycles. The molecule has 0 amide bonds. The Morgan fingerprint density at radius 1 is 0.267 bits per heavy atom. The molecule has 17 heteroatoms. The molecule has 8 heterocycles. The van der Waals surface area contributed by atoms with Gasteiger partial charge in [-0.15, -0.1) is 287 Å². The summed E-state index contributed by atoms with van der Waals surface area (Å²) in [6.07, 6.45) is 14.5. The molecule has 0 saturated carbocycles. The zero-order chi connectivity index (χ0) is 92.8. The van der Waals surface area contributed by atoms with Crippen molar-refractivity contribution in [2.45, 2.75) is 113 Å². The summed E-state index contributed by atoms with van der Waals surface area (Å²) in [5.74, 6) is 0.520. The predicted octanol–water partition coefficient (Wildman–Crippen LogP) is 28.0. The van der Waals surface area contributed by atoms with Crippen LogP contribution in [0, 0.1) is 74.1 Å². The van der Waals surface area contributed by atoms with E-state index in [4.69, 9.17) is 0 Å². The summed E-state index contributed by atoms with van der Waals surface area (Å²) < 4.78 is 14.0. The first-order chi connectivity index (χ1) is 63.1. The van der Waals surface area contributed by atoms with Gasteiger partial charge in [0.25, 0.3) is 0 Å². The van der Waals surface area contributed by atoms with E-state index in [0.717, 1.165) is 101 Å². The number of nitrogens with zero attached hydrogens (tertiary/aromatic N) is 8. The molecule has 135 heavy (non-hydrogen) atoms. The molecule has 19 aromatic rings. The Bertz CT molecular complexity index is 6380. The number of hydrogen-bond acceptors (Lipinski definition) is 8. The average Bonchev–Trinajstić information content (AvgIpc) is 0.833. The number of hydrogen-bond donors (Lipinski definition) is 0. The molecule has 0 unspecified atom stereocenters. The van der Waals surface area contributed by atoms with Gasteiger partial charge in [-0.1, -0.05) is 218 Å². The molecule has 692 valence electrons. The number of benzene rings is 11. The number of pyridine rings is 8. The zero-order valence-electron chi connectivity index (χ0n) is 79.4. The molecule has 0 aliphatic rings. The van der Waals surface area contributed by atoms with Crippen molar-refractivity contribution >= 4 is 85.5 Å². The van der Waals surface area contributed by atoms with E-state index in [1.807, 2.05) is 261 Å². The third-order valence-corrected chi connectivity index (χ3v) is 29.7. The number of aromatic nitrogens is 8. The first kappa shape index (κ1) is 109. The van der Waals surface area contributed by atoms with Crippen LogP contribution in [0.3, 0.4) is 0 Å². The minimum Gasteiger partial charge on any atom is -0.305 e. The summed E-state index contributed by atoms with van der Waals surface area (Å²) in [6, 6.07) is 135. The number of aryl methyl sites for hydroxylation is 2. The minimum atomic E-state index is -1.65. The Morgan fingerprint density at radius 3 is 0.919 bits per heavy atom. The van der Waals surface area contributed by atoms with E-state index in [-0.39, 0.29) is 86.2 Å². The summed E-state index contributed by atoms with van der Waals surface area (Å²) >= 11 is 0. The van der Waals surface area contributed by atoms with Gasteiger partial charge < -0.3 is 34.9 Å². The van der Waals surface area contributed by atoms with Gasteiger partial charge in [-0.05, 0) is 150 Å². The van der Waals surface area contributed by atoms with Gasteiger partial charge in [-0.2, -0.15) is 0 Å². The van der Waals surface area contributed by atoms with Crippen molar-refractivity contribution in [2.75, 3.05) is 0 Å². The van der Waals surface area contributed by atoms with Gasteiger partial charge in [-0.25, -0.2) is 4.39 Å². The largest absolute Gasteiger partial charge is 0.305 e. The van der Waals surface area contributed by atoms with Crippen molar-refractivity contribution < 1.29 is 84.8 Å². The van der Waals surface area contributed by atoms with E-state index < -0.39 is 32.3 Å². The van der Waals surface area contributed by atoms with E-state index >= 15 is 0 Å². The van der Waals surface area contributed by atoms with E-state index in [9.17, 15) is 4.39 Å². The fraction of sp³-hybridized carbons (Fsp3) is 0.153. The summed E-state index contributed by atoms with van der Waals surface area (Å²) in [5.41, 5.74) is 21.1. The molecule has 0 fully saturated rings. The predicted molar refractivity (Wildman–Crippen MR) is 560 cm³/mol. The van der Waals surface area contributed by atoms with Crippen LogP contribution in [0.1, 0.15) is 30.5 Å². The van der Waals surface area contributed by atoms with Crippen LogP contribution in [-0.4, -0.2) is 72.2 Å². The maximum atomic E-state index is 14.0. The Morgan fingerprint density at radius 2 is 0.578 bits per heavy atom. The average molecular weight is 2540 g/mol. The molecular weight excluding hydrogens is 2430 g/mol. The van der Waals surface area contributed by atoms with Crippen molar-refractivity contribution in [1.29, 1.82) is 0 Å². The smallest absolute Gasteiger partial charge is 0.116 e. The van der Waals surface area contributed by atoms with E-state index in [2.05, 4.69) is 286 Å². The normalized spacial score (nSPS) is 10.7. The van der Waals surface area contributed by atoms with E-state index in [1.165, 1.54) is 65.2 Å². The quantitative estimate of drug-likeness (QED) is 0.0784. The number of halogens is 1. The minimum absolute atomic E-state index is 0. The monoisotopic (exact) mass is 2540 g/mol. The molecule has 4 radical (unpaired) electrons. The van der Waals surface area contributed by atoms with Gasteiger partial charge in [0.2, 0.25) is 0 Å². The summed E-state index contributed by atoms with van der Waals surface area (Å²) in [6.45, 7) is 36.6. The van der Waals surface area contributed by atoms with Gasteiger partial charge >= 0.3 is 0 Å². The molecule has 0 aliphatic heterocycles. The third kappa shape index (κ3) is 32.5. The van der Waals surface area contributed by atoms with Crippen LogP contribution >= 0.6 is 0 Å². The van der Waals surface area contributed by atoms with Crippen molar-refractivity contribution in [1.82, 2.24) is 39.9 Å². The van der Waals surface area contributed by atoms with Crippen LogP contribution < -0.4 is 20.7 Å². The first-order valence-corrected chi connectivity index (χ1v) is 58.4. The second-order valence-electron chi connectivity index (χ2n) is 36.2. The zero-order valence-corrected chi connectivity index (χ0v) is 92.9. The maximum Gasteiger partial charge on any atom is 0.116 e. The molecule has 0 saturated heterocycles. The SMILES string of the molecule is CC(C)Cc1cc(-c2[c-]cccc2)ncc1[Si](C)(C)C.C[Si](C)(C)c1cnc(-c2[c-]cccc2)cc1F.Cc1cc(-c2[c-]cccc2)ncc1[Si](C)(C)C.Cc1cc(-c2[c-]cccc2)ncc1[Si](C)(C)C.[Ir].[Ir].[Ir].[Ir].[c-]1ccccc1-c1ccc2ccccc2n1.[c-]1ccccc1-c1ccccn1.[c-]1ccccc1-c1nccc2ccccc12.[c-]1ccccc1-c1nccc2ccccc12. The molecular formula is C118H113FIr4N8Si4-8. The topological polar surface area (TPSA) is 103 Å². The number of rotatable bonds is 14. The van der Waals surface area contributed by atoms with Gasteiger partial charge in [0.05, 0.1) is 37.8 Å². The van der Waals surface area contributed by atoms with Gasteiger partial charge in [0.15, 0.2) is 0 Å². The van der Waals surface area contributed by atoms with Gasteiger partial charge in [0, 0.05) is 124 Å². The third-order valence-electron chi connectivity index (χ3n) is 21.4. The van der Waals surface area contributed by atoms with Gasteiger partial charge in [-0.3, -0.25) is 4.98 Å².